The first kappa shape index (κ1) is 14.7. The second-order valence-corrected chi connectivity index (χ2v) is 4.57. The van der Waals surface area contributed by atoms with Crippen molar-refractivity contribution in [2.75, 3.05) is 0 Å². The van der Waals surface area contributed by atoms with Gasteiger partial charge in [0.15, 0.2) is 0 Å². The van der Waals surface area contributed by atoms with Gasteiger partial charge in [-0.25, -0.2) is 0 Å². The van der Waals surface area contributed by atoms with Gasteiger partial charge in [-0.2, -0.15) is 0 Å². The number of phenols is 1. The lowest BCUT2D eigenvalue weighted by atomic mass is 9.91. The molecule has 100 valence electrons. The van der Waals surface area contributed by atoms with Gasteiger partial charge in [0.25, 0.3) is 5.69 Å². The first-order valence-corrected chi connectivity index (χ1v) is 5.82. The molecule has 1 aliphatic rings. The van der Waals surface area contributed by atoms with E-state index in [1.54, 1.807) is 0 Å². The molecule has 0 amide bonds. The number of phenolic OH excluding ortho intramolecular Hbond substituents is 1. The van der Waals surface area contributed by atoms with Gasteiger partial charge in [-0.3, -0.25) is 10.1 Å². The molecule has 0 bridgehead atoms. The highest BCUT2D eigenvalue weighted by Gasteiger charge is 2.28. The lowest BCUT2D eigenvalue weighted by Crippen LogP contribution is -2.20. The molecule has 5 nitrogen and oxygen atoms in total. The molecule has 2 rings (SSSR count). The quantitative estimate of drug-likeness (QED) is 0.654. The van der Waals surface area contributed by atoms with Gasteiger partial charge in [0, 0.05) is 12.1 Å². The van der Waals surface area contributed by atoms with Crippen molar-refractivity contribution in [1.82, 2.24) is 0 Å². The van der Waals surface area contributed by atoms with Gasteiger partial charge >= 0.3 is 0 Å². The van der Waals surface area contributed by atoms with E-state index in [1.807, 2.05) is 0 Å². The van der Waals surface area contributed by atoms with Crippen LogP contribution >= 0.6 is 12.4 Å². The van der Waals surface area contributed by atoms with Crippen molar-refractivity contribution in [2.45, 2.75) is 31.7 Å². The van der Waals surface area contributed by atoms with E-state index in [0.29, 0.717) is 5.56 Å². The Hall–Kier alpha value is -1.33. The summed E-state index contributed by atoms with van der Waals surface area (Å²) in [6, 6.07) is 3.70. The van der Waals surface area contributed by atoms with E-state index in [-0.39, 0.29) is 35.8 Å². The fraction of sp³-hybridized carbons (Fsp3) is 0.500. The Morgan fingerprint density at radius 3 is 2.56 bits per heavy atom. The highest BCUT2D eigenvalue weighted by atomic mass is 35.5. The van der Waals surface area contributed by atoms with Gasteiger partial charge in [-0.05, 0) is 30.9 Å². The van der Waals surface area contributed by atoms with Gasteiger partial charge in [-0.15, -0.1) is 12.4 Å². The smallest absolute Gasteiger partial charge is 0.274 e. The predicted octanol–water partition coefficient (Wildman–Crippen LogP) is 2.91. The van der Waals surface area contributed by atoms with Gasteiger partial charge < -0.3 is 10.8 Å². The third-order valence-electron chi connectivity index (χ3n) is 3.47. The topological polar surface area (TPSA) is 89.4 Å². The molecule has 0 aliphatic heterocycles. The molecular weight excluding hydrogens is 256 g/mol. The van der Waals surface area contributed by atoms with Crippen LogP contribution in [0.2, 0.25) is 0 Å². The molecule has 1 aromatic rings. The van der Waals surface area contributed by atoms with Crippen LogP contribution in [0.5, 0.6) is 5.75 Å². The summed E-state index contributed by atoms with van der Waals surface area (Å²) < 4.78 is 0. The van der Waals surface area contributed by atoms with Crippen LogP contribution < -0.4 is 5.73 Å². The number of halogens is 1. The minimum atomic E-state index is -0.441. The maximum atomic E-state index is 10.9. The standard InChI is InChI=1S/C12H16N2O3.ClH/c13-12(8-3-1-2-4-8)10-7-9(15)5-6-11(10)14(16)17;/h5-8,12,15H,1-4,13H2;1H/t12-;/m0./s1. The summed E-state index contributed by atoms with van der Waals surface area (Å²) in [5.74, 6) is 0.314. The number of hydrogen-bond donors (Lipinski definition) is 2. The Morgan fingerprint density at radius 1 is 1.39 bits per heavy atom. The molecule has 1 aliphatic carbocycles. The van der Waals surface area contributed by atoms with Crippen molar-refractivity contribution in [3.05, 3.63) is 33.9 Å². The number of hydrogen-bond acceptors (Lipinski definition) is 4. The first-order chi connectivity index (χ1) is 8.09. The highest BCUT2D eigenvalue weighted by molar-refractivity contribution is 5.85. The molecule has 0 unspecified atom stereocenters. The number of benzene rings is 1. The lowest BCUT2D eigenvalue weighted by molar-refractivity contribution is -0.385. The van der Waals surface area contributed by atoms with Crippen LogP contribution in [0.4, 0.5) is 5.69 Å². The molecular formula is C12H17ClN2O3. The fourth-order valence-corrected chi connectivity index (χ4v) is 2.55. The largest absolute Gasteiger partial charge is 0.508 e. The third kappa shape index (κ3) is 2.91. The van der Waals surface area contributed by atoms with E-state index in [2.05, 4.69) is 0 Å². The number of rotatable bonds is 3. The third-order valence-corrected chi connectivity index (χ3v) is 3.47. The molecule has 0 heterocycles. The molecule has 0 saturated heterocycles. The second-order valence-electron chi connectivity index (χ2n) is 4.57. The number of aromatic hydroxyl groups is 1. The van der Waals surface area contributed by atoms with Crippen molar-refractivity contribution in [1.29, 1.82) is 0 Å². The van der Waals surface area contributed by atoms with Crippen molar-refractivity contribution in [3.8, 4) is 5.75 Å². The monoisotopic (exact) mass is 272 g/mol. The Kier molecular flexibility index (Phi) is 4.93. The summed E-state index contributed by atoms with van der Waals surface area (Å²) in [5.41, 5.74) is 6.54. The molecule has 18 heavy (non-hydrogen) atoms. The van der Waals surface area contributed by atoms with Crippen molar-refractivity contribution < 1.29 is 10.0 Å². The average molecular weight is 273 g/mol. The maximum Gasteiger partial charge on any atom is 0.274 e. The lowest BCUT2D eigenvalue weighted by Gasteiger charge is -2.19. The summed E-state index contributed by atoms with van der Waals surface area (Å²) in [6.07, 6.45) is 4.28. The van der Waals surface area contributed by atoms with E-state index in [4.69, 9.17) is 5.73 Å². The summed E-state index contributed by atoms with van der Waals surface area (Å²) in [4.78, 5) is 10.5. The molecule has 6 heteroatoms. The minimum absolute atomic E-state index is 0. The van der Waals surface area contributed by atoms with E-state index in [9.17, 15) is 15.2 Å². The van der Waals surface area contributed by atoms with Gasteiger partial charge in [0.2, 0.25) is 0 Å². The van der Waals surface area contributed by atoms with Gasteiger partial charge in [0.1, 0.15) is 5.75 Å². The van der Waals surface area contributed by atoms with Crippen LogP contribution in [-0.4, -0.2) is 10.0 Å². The molecule has 0 spiro atoms. The number of nitrogens with two attached hydrogens (primary N) is 1. The second kappa shape index (κ2) is 6.02. The zero-order chi connectivity index (χ0) is 12.4. The summed E-state index contributed by atoms with van der Waals surface area (Å²) in [6.45, 7) is 0. The normalized spacial score (nSPS) is 17.2. The SMILES string of the molecule is Cl.N[C@H](c1cc(O)ccc1[N+](=O)[O-])C1CCCC1. The molecule has 1 atom stereocenters. The molecule has 1 aromatic carbocycles. The van der Waals surface area contributed by atoms with Crippen LogP contribution in [-0.2, 0) is 0 Å². The zero-order valence-electron chi connectivity index (χ0n) is 9.91. The van der Waals surface area contributed by atoms with Crippen molar-refractivity contribution in [3.63, 3.8) is 0 Å². The van der Waals surface area contributed by atoms with Crippen LogP contribution in [0.3, 0.4) is 0 Å². The summed E-state index contributed by atoms with van der Waals surface area (Å²) in [5, 5.41) is 20.4. The van der Waals surface area contributed by atoms with Crippen molar-refractivity contribution >= 4 is 18.1 Å². The Bertz CT molecular complexity index is 433. The highest BCUT2D eigenvalue weighted by Crippen LogP contribution is 2.38. The Labute approximate surface area is 112 Å². The molecule has 0 radical (unpaired) electrons. The summed E-state index contributed by atoms with van der Waals surface area (Å²) >= 11 is 0. The van der Waals surface area contributed by atoms with Crippen LogP contribution in [0.25, 0.3) is 0 Å². The Balaban J connectivity index is 0.00000162. The number of nitro benzene ring substituents is 1. The maximum absolute atomic E-state index is 10.9. The molecule has 1 saturated carbocycles. The van der Waals surface area contributed by atoms with Crippen LogP contribution in [0.15, 0.2) is 18.2 Å². The first-order valence-electron chi connectivity index (χ1n) is 5.82. The van der Waals surface area contributed by atoms with Crippen molar-refractivity contribution in [2.24, 2.45) is 11.7 Å². The number of nitro groups is 1. The van der Waals surface area contributed by atoms with E-state index >= 15 is 0 Å². The van der Waals surface area contributed by atoms with Gasteiger partial charge in [-0.1, -0.05) is 12.8 Å². The Morgan fingerprint density at radius 2 is 2.00 bits per heavy atom. The minimum Gasteiger partial charge on any atom is -0.508 e. The molecule has 3 N–H and O–H groups in total. The number of nitrogens with zero attached hydrogens (tertiary/aromatic N) is 1. The van der Waals surface area contributed by atoms with E-state index in [0.717, 1.165) is 25.7 Å². The van der Waals surface area contributed by atoms with E-state index in [1.165, 1.54) is 18.2 Å². The van der Waals surface area contributed by atoms with E-state index < -0.39 is 4.92 Å². The molecule has 0 aromatic heterocycles. The molecule has 1 fully saturated rings. The van der Waals surface area contributed by atoms with Crippen LogP contribution in [0, 0.1) is 16.0 Å². The zero-order valence-corrected chi connectivity index (χ0v) is 10.7. The van der Waals surface area contributed by atoms with Gasteiger partial charge in [0.05, 0.1) is 10.5 Å². The summed E-state index contributed by atoms with van der Waals surface area (Å²) in [7, 11) is 0. The predicted molar refractivity (Wildman–Crippen MR) is 70.9 cm³/mol. The van der Waals surface area contributed by atoms with Crippen LogP contribution in [0.1, 0.15) is 37.3 Å². The fourth-order valence-electron chi connectivity index (χ4n) is 2.55. The average Bonchev–Trinajstić information content (AvgIpc) is 2.80.